The van der Waals surface area contributed by atoms with Gasteiger partial charge < -0.3 is 15.2 Å². The summed E-state index contributed by atoms with van der Waals surface area (Å²) in [6.45, 7) is 0. The van der Waals surface area contributed by atoms with Crippen LogP contribution in [-0.4, -0.2) is 27.4 Å². The van der Waals surface area contributed by atoms with Gasteiger partial charge in [0.1, 0.15) is 0 Å². The number of pyridine rings is 1. The second-order valence-corrected chi connectivity index (χ2v) is 10.9. The summed E-state index contributed by atoms with van der Waals surface area (Å²) in [6, 6.07) is 20.2. The van der Waals surface area contributed by atoms with Crippen LogP contribution in [0.1, 0.15) is 88.5 Å². The van der Waals surface area contributed by atoms with Crippen LogP contribution in [0.4, 0.5) is 0 Å². The summed E-state index contributed by atoms with van der Waals surface area (Å²) < 4.78 is 0. The molecule has 0 amide bonds. The average molecular weight is 663 g/mol. The summed E-state index contributed by atoms with van der Waals surface area (Å²) in [7, 11) is 0. The minimum absolute atomic E-state index is 0. The molecular formula is C32H40IrNO2-. The first-order chi connectivity index (χ1) is 17.2. The molecule has 2 aromatic carbocycles. The largest absolute Gasteiger partial charge is 0.393 e. The first kappa shape index (κ1) is 27.5. The van der Waals surface area contributed by atoms with E-state index in [2.05, 4.69) is 47.6 Å². The monoisotopic (exact) mass is 663 g/mol. The zero-order valence-corrected chi connectivity index (χ0v) is 23.6. The molecule has 0 saturated heterocycles. The van der Waals surface area contributed by atoms with Gasteiger partial charge in [-0.15, -0.1) is 35.9 Å². The van der Waals surface area contributed by atoms with Crippen molar-refractivity contribution in [3.05, 3.63) is 66.4 Å². The molecule has 0 spiro atoms. The summed E-state index contributed by atoms with van der Waals surface area (Å²) in [5.74, 6) is 1.50. The predicted octanol–water partition coefficient (Wildman–Crippen LogP) is 7.45. The SMILES string of the molecule is OC1CCCCC2CCCCC(O)C12.[Ir].[c-]1ccccc1-c1cc2cccc(C3CCCC3)c2cn1. The molecule has 3 aliphatic carbocycles. The van der Waals surface area contributed by atoms with Gasteiger partial charge >= 0.3 is 0 Å². The fourth-order valence-electron chi connectivity index (χ4n) is 6.81. The molecule has 3 fully saturated rings. The van der Waals surface area contributed by atoms with Crippen molar-refractivity contribution in [2.24, 2.45) is 11.8 Å². The molecular weight excluding hydrogens is 623 g/mol. The van der Waals surface area contributed by atoms with E-state index >= 15 is 0 Å². The number of aliphatic hydroxyl groups is 2. The van der Waals surface area contributed by atoms with E-state index in [4.69, 9.17) is 0 Å². The molecule has 3 saturated carbocycles. The van der Waals surface area contributed by atoms with Gasteiger partial charge in [0.15, 0.2) is 0 Å². The molecule has 195 valence electrons. The summed E-state index contributed by atoms with van der Waals surface area (Å²) in [5.41, 5.74) is 3.55. The van der Waals surface area contributed by atoms with Crippen molar-refractivity contribution in [2.45, 2.75) is 95.2 Å². The molecule has 1 radical (unpaired) electrons. The summed E-state index contributed by atoms with van der Waals surface area (Å²) in [4.78, 5) is 4.68. The van der Waals surface area contributed by atoms with Crippen LogP contribution in [0.5, 0.6) is 0 Å². The van der Waals surface area contributed by atoms with E-state index in [1.807, 2.05) is 18.2 Å². The second kappa shape index (κ2) is 13.3. The standard InChI is InChI=1S/C20H18N.C12H22O2.Ir/c1-2-9-16(10-3-1)20-13-17-11-6-12-18(19(17)14-21-20)15-7-4-5-8-15;13-10-7-3-1-5-9-6-2-4-8-11(14)12(9)10;/h1-3,6,9,11-15H,4-5,7-8H2;9-14H,1-8H2;/q-1;;. The van der Waals surface area contributed by atoms with Crippen molar-refractivity contribution < 1.29 is 30.3 Å². The number of aromatic nitrogens is 1. The minimum atomic E-state index is -0.240. The Bertz CT molecular complexity index is 1060. The maximum Gasteiger partial charge on any atom is 0.0595 e. The molecule has 2 N–H and O–H groups in total. The zero-order valence-electron chi connectivity index (χ0n) is 21.2. The van der Waals surface area contributed by atoms with Crippen LogP contribution in [0.25, 0.3) is 22.0 Å². The van der Waals surface area contributed by atoms with Crippen molar-refractivity contribution >= 4 is 10.8 Å². The van der Waals surface area contributed by atoms with Gasteiger partial charge in [-0.1, -0.05) is 62.8 Å². The van der Waals surface area contributed by atoms with E-state index in [1.165, 1.54) is 67.7 Å². The first-order valence-corrected chi connectivity index (χ1v) is 13.9. The van der Waals surface area contributed by atoms with Crippen molar-refractivity contribution in [1.29, 1.82) is 0 Å². The number of rotatable bonds is 2. The molecule has 4 heteroatoms. The summed E-state index contributed by atoms with van der Waals surface area (Å²) in [6.07, 6.45) is 16.0. The Balaban J connectivity index is 0.000000178. The maximum absolute atomic E-state index is 10.0. The third-order valence-corrected chi connectivity index (χ3v) is 8.66. The van der Waals surface area contributed by atoms with Gasteiger partial charge in [0.05, 0.1) is 12.2 Å². The van der Waals surface area contributed by atoms with Gasteiger partial charge in [-0.2, -0.15) is 0 Å². The number of hydrogen-bond donors (Lipinski definition) is 2. The Morgan fingerprint density at radius 2 is 1.42 bits per heavy atom. The molecule has 3 aliphatic rings. The molecule has 6 rings (SSSR count). The Hall–Kier alpha value is -1.58. The molecule has 3 nitrogen and oxygen atoms in total. The third-order valence-electron chi connectivity index (χ3n) is 8.66. The molecule has 2 unspecified atom stereocenters. The van der Waals surface area contributed by atoms with Gasteiger partial charge in [-0.25, -0.2) is 0 Å². The molecule has 0 bridgehead atoms. The molecule has 1 aromatic heterocycles. The van der Waals surface area contributed by atoms with E-state index in [1.54, 1.807) is 0 Å². The Kier molecular flexibility index (Phi) is 10.1. The van der Waals surface area contributed by atoms with E-state index in [9.17, 15) is 10.2 Å². The third kappa shape index (κ3) is 6.45. The van der Waals surface area contributed by atoms with Crippen LogP contribution in [0, 0.1) is 17.9 Å². The van der Waals surface area contributed by atoms with Gasteiger partial charge in [-0.3, -0.25) is 0 Å². The van der Waals surface area contributed by atoms with Crippen molar-refractivity contribution in [3.8, 4) is 11.3 Å². The van der Waals surface area contributed by atoms with E-state index in [0.717, 1.165) is 42.9 Å². The predicted molar refractivity (Wildman–Crippen MR) is 143 cm³/mol. The van der Waals surface area contributed by atoms with Crippen LogP contribution in [-0.2, 0) is 20.1 Å². The van der Waals surface area contributed by atoms with Crippen molar-refractivity contribution in [2.75, 3.05) is 0 Å². The summed E-state index contributed by atoms with van der Waals surface area (Å²) in [5, 5.41) is 22.7. The number of aliphatic hydroxyl groups excluding tert-OH is 2. The van der Waals surface area contributed by atoms with Crippen LogP contribution in [0.3, 0.4) is 0 Å². The minimum Gasteiger partial charge on any atom is -0.393 e. The summed E-state index contributed by atoms with van der Waals surface area (Å²) >= 11 is 0. The Morgan fingerprint density at radius 1 is 0.750 bits per heavy atom. The normalized spacial score (nSPS) is 26.6. The smallest absolute Gasteiger partial charge is 0.0595 e. The fraction of sp³-hybridized carbons (Fsp3) is 0.531. The first-order valence-electron chi connectivity index (χ1n) is 13.9. The number of hydrogen-bond acceptors (Lipinski definition) is 3. The molecule has 36 heavy (non-hydrogen) atoms. The van der Waals surface area contributed by atoms with Crippen LogP contribution < -0.4 is 0 Å². The second-order valence-electron chi connectivity index (χ2n) is 10.9. The number of fused-ring (bicyclic) bond motifs is 2. The Labute approximate surface area is 230 Å². The average Bonchev–Trinajstić information content (AvgIpc) is 3.29. The van der Waals surface area contributed by atoms with E-state index in [0.29, 0.717) is 5.92 Å². The van der Waals surface area contributed by atoms with Gasteiger partial charge in [0.2, 0.25) is 0 Å². The van der Waals surface area contributed by atoms with Crippen molar-refractivity contribution in [3.63, 3.8) is 0 Å². The topological polar surface area (TPSA) is 53.4 Å². The van der Waals surface area contributed by atoms with Gasteiger partial charge in [0.25, 0.3) is 0 Å². The number of benzene rings is 2. The molecule has 2 atom stereocenters. The van der Waals surface area contributed by atoms with Crippen molar-refractivity contribution in [1.82, 2.24) is 4.98 Å². The fourth-order valence-corrected chi connectivity index (χ4v) is 6.81. The number of nitrogens with zero attached hydrogens (tertiary/aromatic N) is 1. The van der Waals surface area contributed by atoms with Crippen LogP contribution in [0.15, 0.2) is 54.7 Å². The van der Waals surface area contributed by atoms with Crippen LogP contribution >= 0.6 is 0 Å². The molecule has 0 aliphatic heterocycles. The molecule has 3 aromatic rings. The maximum atomic E-state index is 10.0. The van der Waals surface area contributed by atoms with Gasteiger partial charge in [-0.05, 0) is 67.0 Å². The quantitative estimate of drug-likeness (QED) is 0.281. The van der Waals surface area contributed by atoms with E-state index < -0.39 is 0 Å². The molecule has 1 heterocycles. The van der Waals surface area contributed by atoms with Gasteiger partial charge in [0, 0.05) is 37.6 Å². The Morgan fingerprint density at radius 3 is 2.08 bits per heavy atom. The van der Waals surface area contributed by atoms with Crippen LogP contribution in [0.2, 0.25) is 0 Å². The zero-order chi connectivity index (χ0) is 24.0. The van der Waals surface area contributed by atoms with E-state index in [-0.39, 0.29) is 38.2 Å².